The fourth-order valence-electron chi connectivity index (χ4n) is 12.0. The second-order valence-corrected chi connectivity index (χ2v) is 26.6. The van der Waals surface area contributed by atoms with E-state index in [4.69, 9.17) is 28.4 Å². The number of rotatable bonds is 58. The first-order valence-electron chi connectivity index (χ1n) is 38.8. The smallest absolute Gasteiger partial charge is 0.127 e. The molecule has 0 unspecified atom stereocenters. The average Bonchev–Trinajstić information content (AvgIpc) is 0.873. The van der Waals surface area contributed by atoms with E-state index in [1.807, 2.05) is 12.2 Å². The summed E-state index contributed by atoms with van der Waals surface area (Å²) in [4.78, 5) is 0. The second-order valence-electron chi connectivity index (χ2n) is 26.6. The Hall–Kier alpha value is -6.66. The standard InChI is InChI=1S/C90H130O6/c1-9-17-23-29-35-41-61-91-85-71-81(87(69-79(85)15-7)93-63-43-37-31-25-19-11-3)57-53-75-49-47-51-77(67-75)55-59-83-73-90(96-66-46-40-34-28-22-14-6)84(74-89(83)95-65-45-39-33-27-21-13-5)60-56-78-52-48-50-76(68-78)54-58-82-72-86(92-62-42-36-30-24-18-10-2)80(16-8)70-88(82)94-64-44-38-32-26-20-12-4/h15-16,47-60,67-74H,7-14,17-46,61-66H2,1-6H3/b57-53+,58-54+,59-55-,60-56+. The molecule has 0 aliphatic rings. The van der Waals surface area contributed by atoms with Gasteiger partial charge in [0.1, 0.15) is 34.5 Å². The van der Waals surface area contributed by atoms with Gasteiger partial charge in [-0.05, 0) is 109 Å². The highest BCUT2D eigenvalue weighted by Crippen LogP contribution is 2.36. The maximum absolute atomic E-state index is 6.82. The molecule has 0 spiro atoms. The summed E-state index contributed by atoms with van der Waals surface area (Å²) < 4.78 is 39.8. The van der Waals surface area contributed by atoms with E-state index in [0.717, 1.165) is 141 Å². The summed E-state index contributed by atoms with van der Waals surface area (Å²) in [6.07, 6.45) is 65.0. The lowest BCUT2D eigenvalue weighted by Crippen LogP contribution is -2.03. The monoisotopic (exact) mass is 1310 g/mol. The fourth-order valence-corrected chi connectivity index (χ4v) is 12.0. The molecule has 6 heteroatoms. The predicted octanol–water partition coefficient (Wildman–Crippen LogP) is 28.1. The molecule has 526 valence electrons. The van der Waals surface area contributed by atoms with E-state index in [1.54, 1.807) is 0 Å². The molecule has 0 bridgehead atoms. The zero-order valence-electron chi connectivity index (χ0n) is 61.4. The van der Waals surface area contributed by atoms with Gasteiger partial charge < -0.3 is 28.4 Å². The molecule has 6 nitrogen and oxygen atoms in total. The van der Waals surface area contributed by atoms with E-state index in [0.29, 0.717) is 39.6 Å². The van der Waals surface area contributed by atoms with Gasteiger partial charge in [-0.3, -0.25) is 0 Å². The maximum Gasteiger partial charge on any atom is 0.127 e. The number of hydrogen-bond donors (Lipinski definition) is 0. The zero-order chi connectivity index (χ0) is 68.1. The Balaban J connectivity index is 1.46. The van der Waals surface area contributed by atoms with Crippen molar-refractivity contribution in [2.75, 3.05) is 39.6 Å². The van der Waals surface area contributed by atoms with Crippen LogP contribution in [0.25, 0.3) is 60.8 Å². The molecular formula is C90H130O6. The van der Waals surface area contributed by atoms with E-state index < -0.39 is 0 Å². The van der Waals surface area contributed by atoms with Crippen LogP contribution < -0.4 is 28.4 Å². The molecule has 5 rings (SSSR count). The Morgan fingerprint density at radius 3 is 0.594 bits per heavy atom. The molecule has 0 amide bonds. The van der Waals surface area contributed by atoms with Crippen molar-refractivity contribution in [1.29, 1.82) is 0 Å². The summed E-state index contributed by atoms with van der Waals surface area (Å²) in [6.45, 7) is 26.0. The summed E-state index contributed by atoms with van der Waals surface area (Å²) in [5, 5.41) is 0. The van der Waals surface area contributed by atoms with Crippen molar-refractivity contribution >= 4 is 60.8 Å². The molecule has 0 saturated heterocycles. The zero-order valence-corrected chi connectivity index (χ0v) is 61.4. The van der Waals surface area contributed by atoms with Gasteiger partial charge >= 0.3 is 0 Å². The normalized spacial score (nSPS) is 11.6. The molecule has 5 aromatic carbocycles. The van der Waals surface area contributed by atoms with E-state index in [1.165, 1.54) is 180 Å². The first-order chi connectivity index (χ1) is 47.4. The van der Waals surface area contributed by atoms with Gasteiger partial charge in [0.2, 0.25) is 0 Å². The first-order valence-corrected chi connectivity index (χ1v) is 38.8. The Morgan fingerprint density at radius 1 is 0.219 bits per heavy atom. The van der Waals surface area contributed by atoms with Gasteiger partial charge in [-0.2, -0.15) is 0 Å². The van der Waals surface area contributed by atoms with Crippen LogP contribution in [0.2, 0.25) is 0 Å². The maximum atomic E-state index is 6.82. The molecule has 5 aromatic rings. The molecule has 96 heavy (non-hydrogen) atoms. The number of hydrogen-bond acceptors (Lipinski definition) is 6. The molecule has 0 heterocycles. The molecule has 0 N–H and O–H groups in total. The van der Waals surface area contributed by atoms with Crippen LogP contribution in [-0.4, -0.2) is 39.6 Å². The highest BCUT2D eigenvalue weighted by Gasteiger charge is 2.15. The van der Waals surface area contributed by atoms with Crippen molar-refractivity contribution in [3.63, 3.8) is 0 Å². The number of unbranched alkanes of at least 4 members (excludes halogenated alkanes) is 30. The van der Waals surface area contributed by atoms with Crippen LogP contribution >= 0.6 is 0 Å². The van der Waals surface area contributed by atoms with Gasteiger partial charge in [-0.1, -0.05) is 344 Å². The van der Waals surface area contributed by atoms with Crippen molar-refractivity contribution < 1.29 is 28.4 Å². The minimum absolute atomic E-state index is 0.655. The van der Waals surface area contributed by atoms with Crippen LogP contribution in [0.3, 0.4) is 0 Å². The topological polar surface area (TPSA) is 55.4 Å². The van der Waals surface area contributed by atoms with Crippen LogP contribution in [-0.2, 0) is 0 Å². The molecular weight excluding hydrogens is 1180 g/mol. The van der Waals surface area contributed by atoms with Gasteiger partial charge in [-0.25, -0.2) is 0 Å². The van der Waals surface area contributed by atoms with Gasteiger partial charge in [0.15, 0.2) is 0 Å². The molecule has 0 fully saturated rings. The third-order valence-electron chi connectivity index (χ3n) is 18.0. The van der Waals surface area contributed by atoms with E-state index >= 15 is 0 Å². The summed E-state index contributed by atoms with van der Waals surface area (Å²) in [6, 6.07) is 30.4. The third kappa shape index (κ3) is 33.5. The van der Waals surface area contributed by atoms with Crippen LogP contribution in [0.15, 0.2) is 98.1 Å². The highest BCUT2D eigenvalue weighted by molar-refractivity contribution is 5.82. The first kappa shape index (κ1) is 80.0. The van der Waals surface area contributed by atoms with Gasteiger partial charge in [0, 0.05) is 33.4 Å². The summed E-state index contributed by atoms with van der Waals surface area (Å²) in [5.41, 5.74) is 10.3. The Bertz CT molecular complexity index is 2790. The summed E-state index contributed by atoms with van der Waals surface area (Å²) >= 11 is 0. The van der Waals surface area contributed by atoms with Crippen molar-refractivity contribution in [2.24, 2.45) is 0 Å². The van der Waals surface area contributed by atoms with Crippen LogP contribution in [0.1, 0.15) is 328 Å². The largest absolute Gasteiger partial charge is 0.493 e. The lowest BCUT2D eigenvalue weighted by Gasteiger charge is -2.16. The van der Waals surface area contributed by atoms with Crippen LogP contribution in [0.4, 0.5) is 0 Å². The quantitative estimate of drug-likeness (QED) is 0.0286. The molecule has 0 radical (unpaired) electrons. The second kappa shape index (κ2) is 52.5. The fraction of sp³-hybridized carbons (Fsp3) is 0.533. The van der Waals surface area contributed by atoms with Gasteiger partial charge in [0.25, 0.3) is 0 Å². The Kier molecular flexibility index (Phi) is 43.7. The summed E-state index contributed by atoms with van der Waals surface area (Å²) in [5.74, 6) is 5.16. The van der Waals surface area contributed by atoms with Crippen molar-refractivity contribution in [1.82, 2.24) is 0 Å². The molecule has 0 aliphatic heterocycles. The van der Waals surface area contributed by atoms with Crippen LogP contribution in [0, 0.1) is 0 Å². The molecule has 0 atom stereocenters. The van der Waals surface area contributed by atoms with E-state index in [-0.39, 0.29) is 0 Å². The van der Waals surface area contributed by atoms with Crippen molar-refractivity contribution in [3.8, 4) is 34.5 Å². The number of ether oxygens (including phenoxy) is 6. The van der Waals surface area contributed by atoms with E-state index in [2.05, 4.69) is 188 Å². The van der Waals surface area contributed by atoms with Gasteiger partial charge in [0.05, 0.1) is 39.6 Å². The lowest BCUT2D eigenvalue weighted by molar-refractivity contribution is 0.295. The van der Waals surface area contributed by atoms with Gasteiger partial charge in [-0.15, -0.1) is 0 Å². The van der Waals surface area contributed by atoms with E-state index in [9.17, 15) is 0 Å². The lowest BCUT2D eigenvalue weighted by atomic mass is 10.0. The average molecular weight is 1310 g/mol. The molecule has 0 aromatic heterocycles. The summed E-state index contributed by atoms with van der Waals surface area (Å²) in [7, 11) is 0. The van der Waals surface area contributed by atoms with Crippen LogP contribution in [0.5, 0.6) is 34.5 Å². The predicted molar refractivity (Wildman–Crippen MR) is 421 cm³/mol. The SMILES string of the molecule is C=Cc1cc(OCCCCCCCC)c(/C=C/c2cccc(/C=C\c3cc(OCCCCCCCC)c(/C=C/c4cccc(/C=C/c5cc(OCCCCCCCC)c(C=C)cc5OCCCCCCCC)c4)cc3OCCCCCCCC)c2)cc1OCCCCCCCC. The van der Waals surface area contributed by atoms with Crippen molar-refractivity contribution in [3.05, 3.63) is 154 Å². The molecule has 0 aliphatic carbocycles. The highest BCUT2D eigenvalue weighted by atomic mass is 16.5. The Labute approximate surface area is 586 Å². The number of benzene rings is 5. The molecule has 0 saturated carbocycles. The minimum Gasteiger partial charge on any atom is -0.493 e. The Morgan fingerprint density at radius 2 is 0.396 bits per heavy atom. The van der Waals surface area contributed by atoms with Crippen molar-refractivity contribution in [2.45, 2.75) is 273 Å². The minimum atomic E-state index is 0.655. The third-order valence-corrected chi connectivity index (χ3v) is 18.0.